The molecule has 0 saturated heterocycles. The lowest BCUT2D eigenvalue weighted by Gasteiger charge is -2.28. The van der Waals surface area contributed by atoms with Gasteiger partial charge in [-0.25, -0.2) is 4.39 Å². The van der Waals surface area contributed by atoms with Crippen molar-refractivity contribution in [2.75, 3.05) is 5.32 Å². The van der Waals surface area contributed by atoms with E-state index in [-0.39, 0.29) is 17.8 Å². The summed E-state index contributed by atoms with van der Waals surface area (Å²) in [6.07, 6.45) is 2.23. The summed E-state index contributed by atoms with van der Waals surface area (Å²) < 4.78 is 13.0. The van der Waals surface area contributed by atoms with Crippen molar-refractivity contribution in [3.63, 3.8) is 0 Å². The summed E-state index contributed by atoms with van der Waals surface area (Å²) in [4.78, 5) is 14.7. The molecule has 3 rings (SSSR count). The van der Waals surface area contributed by atoms with Crippen LogP contribution in [0.3, 0.4) is 0 Å². The van der Waals surface area contributed by atoms with Crippen LogP contribution >= 0.6 is 0 Å². The number of anilines is 1. The first-order valence-corrected chi connectivity index (χ1v) is 7.99. The number of carbonyl (C=O) groups excluding carboxylic acids is 1. The SMILES string of the molecule is C[C@@H](C(=O)Nc1ccccc1)N(Cc1ccc(F)cc1)C1CC1. The molecule has 2 aromatic rings. The van der Waals surface area contributed by atoms with E-state index in [1.165, 1.54) is 12.1 Å². The first kappa shape index (κ1) is 15.7. The Balaban J connectivity index is 1.67. The Morgan fingerprint density at radius 1 is 1.17 bits per heavy atom. The number of rotatable bonds is 6. The number of para-hydroxylation sites is 1. The van der Waals surface area contributed by atoms with E-state index in [2.05, 4.69) is 10.2 Å². The van der Waals surface area contributed by atoms with Gasteiger partial charge in [-0.05, 0) is 49.6 Å². The van der Waals surface area contributed by atoms with Gasteiger partial charge in [-0.3, -0.25) is 9.69 Å². The van der Waals surface area contributed by atoms with Gasteiger partial charge in [0.1, 0.15) is 5.82 Å². The summed E-state index contributed by atoms with van der Waals surface area (Å²) >= 11 is 0. The number of amides is 1. The first-order chi connectivity index (χ1) is 11.1. The minimum atomic E-state index is -0.235. The van der Waals surface area contributed by atoms with Gasteiger partial charge in [-0.1, -0.05) is 30.3 Å². The maximum absolute atomic E-state index is 13.0. The number of benzene rings is 2. The van der Waals surface area contributed by atoms with E-state index in [9.17, 15) is 9.18 Å². The highest BCUT2D eigenvalue weighted by Crippen LogP contribution is 2.30. The van der Waals surface area contributed by atoms with Crippen LogP contribution in [0.25, 0.3) is 0 Å². The fourth-order valence-corrected chi connectivity index (χ4v) is 2.71. The van der Waals surface area contributed by atoms with Crippen LogP contribution in [0, 0.1) is 5.82 Å². The third-order valence-electron chi connectivity index (χ3n) is 4.21. The zero-order valence-electron chi connectivity index (χ0n) is 13.2. The molecule has 0 radical (unpaired) electrons. The van der Waals surface area contributed by atoms with Gasteiger partial charge in [0.2, 0.25) is 5.91 Å². The minimum Gasteiger partial charge on any atom is -0.325 e. The number of nitrogens with zero attached hydrogens (tertiary/aromatic N) is 1. The van der Waals surface area contributed by atoms with E-state index in [1.807, 2.05) is 37.3 Å². The van der Waals surface area contributed by atoms with Crippen molar-refractivity contribution in [1.82, 2.24) is 4.90 Å². The highest BCUT2D eigenvalue weighted by atomic mass is 19.1. The number of hydrogen-bond acceptors (Lipinski definition) is 2. The lowest BCUT2D eigenvalue weighted by Crippen LogP contribution is -2.42. The van der Waals surface area contributed by atoms with E-state index in [4.69, 9.17) is 0 Å². The summed E-state index contributed by atoms with van der Waals surface area (Å²) in [6.45, 7) is 2.59. The molecule has 1 fully saturated rings. The van der Waals surface area contributed by atoms with Crippen LogP contribution in [-0.2, 0) is 11.3 Å². The summed E-state index contributed by atoms with van der Waals surface area (Å²) in [5, 5.41) is 2.96. The molecule has 1 amide bonds. The highest BCUT2D eigenvalue weighted by Gasteiger charge is 2.34. The summed E-state index contributed by atoms with van der Waals surface area (Å²) in [7, 11) is 0. The van der Waals surface area contributed by atoms with Crippen molar-refractivity contribution >= 4 is 11.6 Å². The molecule has 1 aliphatic carbocycles. The van der Waals surface area contributed by atoms with Gasteiger partial charge in [0.05, 0.1) is 6.04 Å². The Morgan fingerprint density at radius 3 is 2.43 bits per heavy atom. The fraction of sp³-hybridized carbons (Fsp3) is 0.316. The Bertz CT molecular complexity index is 653. The van der Waals surface area contributed by atoms with E-state index in [1.54, 1.807) is 12.1 Å². The molecule has 0 aromatic heterocycles. The normalized spacial score (nSPS) is 15.4. The monoisotopic (exact) mass is 312 g/mol. The molecule has 0 bridgehead atoms. The van der Waals surface area contributed by atoms with Gasteiger partial charge in [-0.15, -0.1) is 0 Å². The standard InChI is InChI=1S/C19H21FN2O/c1-14(19(23)21-17-5-3-2-4-6-17)22(18-11-12-18)13-15-7-9-16(20)10-8-15/h2-10,14,18H,11-13H2,1H3,(H,21,23)/t14-/m0/s1. The fourth-order valence-electron chi connectivity index (χ4n) is 2.71. The van der Waals surface area contributed by atoms with Crippen LogP contribution in [0.15, 0.2) is 54.6 Å². The maximum atomic E-state index is 13.0. The van der Waals surface area contributed by atoms with Crippen molar-refractivity contribution in [2.24, 2.45) is 0 Å². The minimum absolute atomic E-state index is 0.00906. The second kappa shape index (κ2) is 6.92. The van der Waals surface area contributed by atoms with Crippen molar-refractivity contribution in [3.8, 4) is 0 Å². The quantitative estimate of drug-likeness (QED) is 0.879. The number of carbonyl (C=O) groups is 1. The maximum Gasteiger partial charge on any atom is 0.241 e. The van der Waals surface area contributed by atoms with Gasteiger partial charge in [0.25, 0.3) is 0 Å². The smallest absolute Gasteiger partial charge is 0.241 e. The third-order valence-corrected chi connectivity index (χ3v) is 4.21. The summed E-state index contributed by atoms with van der Waals surface area (Å²) in [5.74, 6) is -0.244. The van der Waals surface area contributed by atoms with Gasteiger partial charge in [0, 0.05) is 18.3 Å². The zero-order valence-corrected chi connectivity index (χ0v) is 13.2. The molecule has 23 heavy (non-hydrogen) atoms. The molecule has 1 N–H and O–H groups in total. The first-order valence-electron chi connectivity index (χ1n) is 7.99. The molecular weight excluding hydrogens is 291 g/mol. The molecule has 1 aliphatic rings. The average molecular weight is 312 g/mol. The summed E-state index contributed by atoms with van der Waals surface area (Å²) in [5.41, 5.74) is 1.83. The van der Waals surface area contributed by atoms with E-state index in [0.29, 0.717) is 12.6 Å². The third kappa shape index (κ3) is 4.17. The molecule has 0 spiro atoms. The predicted molar refractivity (Wildman–Crippen MR) is 89.5 cm³/mol. The van der Waals surface area contributed by atoms with E-state index < -0.39 is 0 Å². The molecule has 2 aromatic carbocycles. The van der Waals surface area contributed by atoms with Gasteiger partial charge >= 0.3 is 0 Å². The molecule has 4 heteroatoms. The molecule has 1 saturated carbocycles. The molecule has 3 nitrogen and oxygen atoms in total. The topological polar surface area (TPSA) is 32.3 Å². The van der Waals surface area contributed by atoms with Crippen molar-refractivity contribution < 1.29 is 9.18 Å². The lowest BCUT2D eigenvalue weighted by molar-refractivity contribution is -0.121. The average Bonchev–Trinajstić information content (AvgIpc) is 3.39. The van der Waals surface area contributed by atoms with Crippen LogP contribution in [0.1, 0.15) is 25.3 Å². The molecule has 0 aliphatic heterocycles. The lowest BCUT2D eigenvalue weighted by atomic mass is 10.1. The van der Waals surface area contributed by atoms with Crippen LogP contribution in [0.4, 0.5) is 10.1 Å². The van der Waals surface area contributed by atoms with Gasteiger partial charge in [0.15, 0.2) is 0 Å². The Labute approximate surface area is 136 Å². The van der Waals surface area contributed by atoms with E-state index >= 15 is 0 Å². The second-order valence-electron chi connectivity index (χ2n) is 6.06. The second-order valence-corrected chi connectivity index (χ2v) is 6.06. The van der Waals surface area contributed by atoms with Crippen molar-refractivity contribution in [3.05, 3.63) is 66.0 Å². The van der Waals surface area contributed by atoms with Crippen LogP contribution in [0.2, 0.25) is 0 Å². The Morgan fingerprint density at radius 2 is 1.83 bits per heavy atom. The number of halogens is 1. The Kier molecular flexibility index (Phi) is 4.72. The van der Waals surface area contributed by atoms with Crippen LogP contribution in [-0.4, -0.2) is 22.9 Å². The number of hydrogen-bond donors (Lipinski definition) is 1. The van der Waals surface area contributed by atoms with E-state index in [0.717, 1.165) is 24.1 Å². The predicted octanol–water partition coefficient (Wildman–Crippen LogP) is 3.82. The molecule has 0 unspecified atom stereocenters. The summed E-state index contributed by atoms with van der Waals surface area (Å²) in [6, 6.07) is 16.2. The van der Waals surface area contributed by atoms with Crippen LogP contribution < -0.4 is 5.32 Å². The molecule has 120 valence electrons. The van der Waals surface area contributed by atoms with Crippen molar-refractivity contribution in [2.45, 2.75) is 38.4 Å². The van der Waals surface area contributed by atoms with Gasteiger partial charge < -0.3 is 5.32 Å². The van der Waals surface area contributed by atoms with Gasteiger partial charge in [-0.2, -0.15) is 0 Å². The number of nitrogens with one attached hydrogen (secondary N) is 1. The molecular formula is C19H21FN2O. The Hall–Kier alpha value is -2.20. The van der Waals surface area contributed by atoms with Crippen molar-refractivity contribution in [1.29, 1.82) is 0 Å². The van der Waals surface area contributed by atoms with Crippen LogP contribution in [0.5, 0.6) is 0 Å². The molecule has 1 atom stereocenters. The largest absolute Gasteiger partial charge is 0.325 e. The zero-order chi connectivity index (χ0) is 16.2. The molecule has 0 heterocycles. The highest BCUT2D eigenvalue weighted by molar-refractivity contribution is 5.94.